The van der Waals surface area contributed by atoms with Crippen molar-refractivity contribution in [1.82, 2.24) is 15.5 Å². The highest BCUT2D eigenvalue weighted by molar-refractivity contribution is 5.78. The fourth-order valence-electron chi connectivity index (χ4n) is 2.22. The topological polar surface area (TPSA) is 89.3 Å². The predicted octanol–water partition coefficient (Wildman–Crippen LogP) is 1.16. The number of nitrogens with one attached hydrogen (secondary N) is 1. The first-order chi connectivity index (χ1) is 8.74. The van der Waals surface area contributed by atoms with Crippen molar-refractivity contribution in [2.45, 2.75) is 51.5 Å². The Balaban J connectivity index is 1.71. The van der Waals surface area contributed by atoms with Gasteiger partial charge >= 0.3 is 0 Å². The Hall–Kier alpha value is -1.59. The Kier molecular flexibility index (Phi) is 4.55. The molecule has 1 aromatic rings. The first kappa shape index (κ1) is 12.9. The molecule has 0 saturated heterocycles. The van der Waals surface area contributed by atoms with Gasteiger partial charge in [-0.15, -0.1) is 0 Å². The smallest absolute Gasteiger partial charge is 0.228 e. The highest BCUT2D eigenvalue weighted by Crippen LogP contribution is 2.16. The molecular weight excluding hydrogens is 230 g/mol. The fraction of sp³-hybridized carbons (Fsp3) is 0.750. The van der Waals surface area contributed by atoms with Gasteiger partial charge in [-0.2, -0.15) is 4.98 Å². The van der Waals surface area contributed by atoms with Crippen LogP contribution < -0.4 is 11.1 Å². The zero-order chi connectivity index (χ0) is 12.8. The number of hydrogen-bond donors (Lipinski definition) is 2. The minimum absolute atomic E-state index is 0.494. The van der Waals surface area contributed by atoms with Crippen LogP contribution in [0, 0.1) is 6.92 Å². The standard InChI is InChI=1S/C12H21N5O/c1-9-15-11(18-17-9)7-8-14-12(13)16-10-5-3-2-4-6-10/h10H,2-8H2,1H3,(H3,13,14,16). The van der Waals surface area contributed by atoms with Crippen molar-refractivity contribution < 1.29 is 4.52 Å². The van der Waals surface area contributed by atoms with Crippen molar-refractivity contribution in [3.8, 4) is 0 Å². The van der Waals surface area contributed by atoms with Crippen LogP contribution in [-0.2, 0) is 6.42 Å². The number of hydrogen-bond acceptors (Lipinski definition) is 4. The van der Waals surface area contributed by atoms with Gasteiger partial charge in [0.1, 0.15) is 0 Å². The van der Waals surface area contributed by atoms with Crippen LogP contribution in [0.4, 0.5) is 0 Å². The van der Waals surface area contributed by atoms with Crippen molar-refractivity contribution >= 4 is 5.96 Å². The Bertz CT molecular complexity index is 395. The van der Waals surface area contributed by atoms with E-state index in [2.05, 4.69) is 20.4 Å². The van der Waals surface area contributed by atoms with Crippen LogP contribution in [0.5, 0.6) is 0 Å². The summed E-state index contributed by atoms with van der Waals surface area (Å²) in [6, 6.07) is 0.494. The summed E-state index contributed by atoms with van der Waals surface area (Å²) in [5.74, 6) is 1.79. The van der Waals surface area contributed by atoms with E-state index in [0.29, 0.717) is 36.7 Å². The van der Waals surface area contributed by atoms with Gasteiger partial charge in [0, 0.05) is 12.5 Å². The molecule has 0 bridgehead atoms. The summed E-state index contributed by atoms with van der Waals surface area (Å²) in [5.41, 5.74) is 5.85. The van der Waals surface area contributed by atoms with Gasteiger partial charge in [-0.25, -0.2) is 0 Å². The molecule has 1 heterocycles. The number of nitrogens with two attached hydrogens (primary N) is 1. The molecule has 0 spiro atoms. The predicted molar refractivity (Wildman–Crippen MR) is 69.2 cm³/mol. The zero-order valence-corrected chi connectivity index (χ0v) is 10.9. The molecule has 0 radical (unpaired) electrons. The van der Waals surface area contributed by atoms with E-state index in [4.69, 9.17) is 10.3 Å². The Morgan fingerprint density at radius 2 is 2.22 bits per heavy atom. The quantitative estimate of drug-likeness (QED) is 0.619. The highest BCUT2D eigenvalue weighted by Gasteiger charge is 2.13. The molecule has 3 N–H and O–H groups in total. The maximum absolute atomic E-state index is 5.85. The summed E-state index contributed by atoms with van der Waals surface area (Å²) < 4.78 is 5.00. The number of rotatable bonds is 4. The molecule has 0 aromatic carbocycles. The number of guanidine groups is 1. The van der Waals surface area contributed by atoms with Crippen LogP contribution in [0.2, 0.25) is 0 Å². The molecule has 100 valence electrons. The fourth-order valence-corrected chi connectivity index (χ4v) is 2.22. The van der Waals surface area contributed by atoms with Gasteiger partial charge in [0.05, 0.1) is 6.54 Å². The van der Waals surface area contributed by atoms with E-state index in [1.54, 1.807) is 6.92 Å². The van der Waals surface area contributed by atoms with Crippen molar-refractivity contribution in [3.63, 3.8) is 0 Å². The lowest BCUT2D eigenvalue weighted by Gasteiger charge is -2.23. The molecule has 1 saturated carbocycles. The van der Waals surface area contributed by atoms with E-state index < -0.39 is 0 Å². The maximum atomic E-state index is 5.85. The second-order valence-electron chi connectivity index (χ2n) is 4.73. The molecule has 1 aliphatic rings. The molecule has 0 aliphatic heterocycles. The maximum Gasteiger partial charge on any atom is 0.228 e. The van der Waals surface area contributed by atoms with Gasteiger partial charge in [0.2, 0.25) is 5.89 Å². The van der Waals surface area contributed by atoms with Crippen LogP contribution in [0.15, 0.2) is 9.52 Å². The van der Waals surface area contributed by atoms with E-state index in [1.807, 2.05) is 0 Å². The van der Waals surface area contributed by atoms with Crippen LogP contribution in [0.1, 0.15) is 43.8 Å². The molecule has 1 fully saturated rings. The van der Waals surface area contributed by atoms with Crippen molar-refractivity contribution in [1.29, 1.82) is 0 Å². The largest absolute Gasteiger partial charge is 0.370 e. The summed E-state index contributed by atoms with van der Waals surface area (Å²) >= 11 is 0. The second-order valence-corrected chi connectivity index (χ2v) is 4.73. The van der Waals surface area contributed by atoms with Crippen molar-refractivity contribution in [2.24, 2.45) is 10.7 Å². The lowest BCUT2D eigenvalue weighted by Crippen LogP contribution is -2.41. The molecule has 1 aliphatic carbocycles. The average Bonchev–Trinajstić information content (AvgIpc) is 2.76. The normalized spacial score (nSPS) is 17.9. The van der Waals surface area contributed by atoms with E-state index in [-0.39, 0.29) is 0 Å². The Labute approximate surface area is 107 Å². The first-order valence-electron chi connectivity index (χ1n) is 6.59. The van der Waals surface area contributed by atoms with E-state index in [1.165, 1.54) is 32.1 Å². The summed E-state index contributed by atoms with van der Waals surface area (Å²) in [6.07, 6.45) is 6.93. The molecule has 0 atom stereocenters. The molecule has 6 nitrogen and oxygen atoms in total. The van der Waals surface area contributed by atoms with Gasteiger partial charge in [-0.1, -0.05) is 24.4 Å². The number of aryl methyl sites for hydroxylation is 1. The minimum atomic E-state index is 0.494. The molecular formula is C12H21N5O. The minimum Gasteiger partial charge on any atom is -0.370 e. The van der Waals surface area contributed by atoms with Gasteiger partial charge in [0.25, 0.3) is 0 Å². The third-order valence-corrected chi connectivity index (χ3v) is 3.13. The zero-order valence-electron chi connectivity index (χ0n) is 10.9. The van der Waals surface area contributed by atoms with Gasteiger partial charge in [-0.05, 0) is 19.8 Å². The van der Waals surface area contributed by atoms with Gasteiger partial charge in [0.15, 0.2) is 11.8 Å². The number of aromatic nitrogens is 2. The monoisotopic (exact) mass is 251 g/mol. The summed E-state index contributed by atoms with van der Waals surface area (Å²) in [6.45, 7) is 2.38. The van der Waals surface area contributed by atoms with E-state index in [9.17, 15) is 0 Å². The third-order valence-electron chi connectivity index (χ3n) is 3.13. The third kappa shape index (κ3) is 4.01. The highest BCUT2D eigenvalue weighted by atomic mass is 16.5. The van der Waals surface area contributed by atoms with E-state index in [0.717, 1.165) is 0 Å². The SMILES string of the molecule is Cc1noc(CCN=C(N)NC2CCCCC2)n1. The molecule has 2 rings (SSSR count). The van der Waals surface area contributed by atoms with E-state index >= 15 is 0 Å². The second kappa shape index (κ2) is 6.37. The lowest BCUT2D eigenvalue weighted by molar-refractivity contribution is 0.376. The van der Waals surface area contributed by atoms with Crippen LogP contribution >= 0.6 is 0 Å². The van der Waals surface area contributed by atoms with Crippen LogP contribution in [-0.4, -0.2) is 28.7 Å². The molecule has 6 heteroatoms. The average molecular weight is 251 g/mol. The summed E-state index contributed by atoms with van der Waals surface area (Å²) in [7, 11) is 0. The molecule has 0 unspecified atom stereocenters. The number of nitrogens with zero attached hydrogens (tertiary/aromatic N) is 3. The summed E-state index contributed by atoms with van der Waals surface area (Å²) in [4.78, 5) is 8.39. The van der Waals surface area contributed by atoms with Gasteiger partial charge in [-0.3, -0.25) is 4.99 Å². The molecule has 18 heavy (non-hydrogen) atoms. The Morgan fingerprint density at radius 3 is 2.89 bits per heavy atom. The van der Waals surface area contributed by atoms with Crippen molar-refractivity contribution in [2.75, 3.05) is 6.54 Å². The Morgan fingerprint density at radius 1 is 1.44 bits per heavy atom. The first-order valence-corrected chi connectivity index (χ1v) is 6.59. The van der Waals surface area contributed by atoms with Crippen LogP contribution in [0.25, 0.3) is 0 Å². The molecule has 0 amide bonds. The summed E-state index contributed by atoms with van der Waals surface area (Å²) in [5, 5.41) is 7.00. The van der Waals surface area contributed by atoms with Crippen LogP contribution in [0.3, 0.4) is 0 Å². The molecule has 1 aromatic heterocycles. The lowest BCUT2D eigenvalue weighted by atomic mass is 9.96. The number of aliphatic imine (C=N–C) groups is 1. The van der Waals surface area contributed by atoms with Gasteiger partial charge < -0.3 is 15.6 Å². The van der Waals surface area contributed by atoms with Crippen molar-refractivity contribution in [3.05, 3.63) is 11.7 Å².